The van der Waals surface area contributed by atoms with E-state index in [0.717, 1.165) is 29.5 Å². The molecule has 2 aromatic rings. The second-order valence-corrected chi connectivity index (χ2v) is 4.90. The number of hydrogen-bond donors (Lipinski definition) is 2. The first kappa shape index (κ1) is 12.1. The number of likely N-dealkylation sites (tertiary alicyclic amines) is 1. The van der Waals surface area contributed by atoms with Crippen LogP contribution in [-0.4, -0.2) is 38.4 Å². The highest BCUT2D eigenvalue weighted by Gasteiger charge is 2.21. The van der Waals surface area contributed by atoms with E-state index in [4.69, 9.17) is 12.2 Å². The minimum absolute atomic E-state index is 0.683. The topological polar surface area (TPSA) is 56.8 Å². The number of benzene rings is 1. The SMILES string of the molecule is S=C(c1n[nH]nc1Nc1ccccc1)N1CCCC1. The molecule has 1 aliphatic heterocycles. The second-order valence-electron chi connectivity index (χ2n) is 4.51. The quantitative estimate of drug-likeness (QED) is 0.841. The summed E-state index contributed by atoms with van der Waals surface area (Å²) < 4.78 is 0. The van der Waals surface area contributed by atoms with E-state index in [1.54, 1.807) is 0 Å². The highest BCUT2D eigenvalue weighted by atomic mass is 32.1. The number of aromatic nitrogens is 3. The fraction of sp³-hybridized carbons (Fsp3) is 0.308. The molecule has 2 N–H and O–H groups in total. The lowest BCUT2D eigenvalue weighted by atomic mass is 10.3. The molecular formula is C13H15N5S. The van der Waals surface area contributed by atoms with Gasteiger partial charge < -0.3 is 10.2 Å². The molecule has 0 spiro atoms. The van der Waals surface area contributed by atoms with Crippen molar-refractivity contribution < 1.29 is 0 Å². The predicted octanol–water partition coefficient (Wildman–Crippen LogP) is 2.32. The van der Waals surface area contributed by atoms with E-state index in [9.17, 15) is 0 Å². The summed E-state index contributed by atoms with van der Waals surface area (Å²) in [5.74, 6) is 0.683. The van der Waals surface area contributed by atoms with E-state index in [1.807, 2.05) is 30.3 Å². The van der Waals surface area contributed by atoms with Gasteiger partial charge in [0.1, 0.15) is 4.99 Å². The number of para-hydroxylation sites is 1. The molecule has 0 amide bonds. The average molecular weight is 273 g/mol. The van der Waals surface area contributed by atoms with Crippen LogP contribution in [0.2, 0.25) is 0 Å². The van der Waals surface area contributed by atoms with Gasteiger partial charge in [-0.25, -0.2) is 0 Å². The van der Waals surface area contributed by atoms with Crippen molar-refractivity contribution >= 4 is 28.7 Å². The summed E-state index contributed by atoms with van der Waals surface area (Å²) in [6.07, 6.45) is 2.39. The number of nitrogens with zero attached hydrogens (tertiary/aromatic N) is 3. The summed E-state index contributed by atoms with van der Waals surface area (Å²) in [6.45, 7) is 2.02. The van der Waals surface area contributed by atoms with Crippen LogP contribution in [0.1, 0.15) is 18.5 Å². The molecule has 1 saturated heterocycles. The third-order valence-corrected chi connectivity index (χ3v) is 3.63. The van der Waals surface area contributed by atoms with Crippen molar-refractivity contribution in [3.63, 3.8) is 0 Å². The summed E-state index contributed by atoms with van der Waals surface area (Å²) >= 11 is 5.50. The van der Waals surface area contributed by atoms with Crippen molar-refractivity contribution in [3.05, 3.63) is 36.0 Å². The zero-order valence-corrected chi connectivity index (χ0v) is 11.3. The van der Waals surface area contributed by atoms with E-state index < -0.39 is 0 Å². The van der Waals surface area contributed by atoms with Crippen LogP contribution in [0.3, 0.4) is 0 Å². The van der Waals surface area contributed by atoms with Gasteiger partial charge in [-0.15, -0.1) is 5.10 Å². The summed E-state index contributed by atoms with van der Waals surface area (Å²) in [6, 6.07) is 9.89. The Hall–Kier alpha value is -1.95. The van der Waals surface area contributed by atoms with Crippen molar-refractivity contribution in [2.24, 2.45) is 0 Å². The Morgan fingerprint density at radius 2 is 1.89 bits per heavy atom. The lowest BCUT2D eigenvalue weighted by Gasteiger charge is -2.17. The second kappa shape index (κ2) is 5.36. The molecule has 1 fully saturated rings. The normalized spacial score (nSPS) is 14.6. The summed E-state index contributed by atoms with van der Waals surface area (Å²) in [7, 11) is 0. The van der Waals surface area contributed by atoms with Gasteiger partial charge in [0.25, 0.3) is 0 Å². The molecule has 2 heterocycles. The third kappa shape index (κ3) is 2.58. The van der Waals surface area contributed by atoms with Crippen LogP contribution >= 0.6 is 12.2 Å². The lowest BCUT2D eigenvalue weighted by molar-refractivity contribution is 0.529. The predicted molar refractivity (Wildman–Crippen MR) is 78.6 cm³/mol. The van der Waals surface area contributed by atoms with Gasteiger partial charge in [0.2, 0.25) is 0 Å². The molecule has 1 aromatic heterocycles. The molecule has 0 unspecified atom stereocenters. The summed E-state index contributed by atoms with van der Waals surface area (Å²) in [5.41, 5.74) is 1.70. The Bertz CT molecular complexity index is 559. The summed E-state index contributed by atoms with van der Waals surface area (Å²) in [4.78, 5) is 2.95. The van der Waals surface area contributed by atoms with Crippen molar-refractivity contribution in [1.29, 1.82) is 0 Å². The Kier molecular flexibility index (Phi) is 3.41. The van der Waals surface area contributed by atoms with Crippen molar-refractivity contribution in [3.8, 4) is 0 Å². The Balaban J connectivity index is 1.80. The van der Waals surface area contributed by atoms with Gasteiger partial charge in [-0.05, 0) is 25.0 Å². The molecule has 98 valence electrons. The van der Waals surface area contributed by atoms with Crippen LogP contribution < -0.4 is 5.32 Å². The maximum atomic E-state index is 5.50. The molecule has 6 heteroatoms. The van der Waals surface area contributed by atoms with Crippen molar-refractivity contribution in [1.82, 2.24) is 20.3 Å². The van der Waals surface area contributed by atoms with Gasteiger partial charge in [-0.3, -0.25) is 0 Å². The number of anilines is 2. The third-order valence-electron chi connectivity index (χ3n) is 3.18. The monoisotopic (exact) mass is 273 g/mol. The van der Waals surface area contributed by atoms with Gasteiger partial charge >= 0.3 is 0 Å². The maximum Gasteiger partial charge on any atom is 0.183 e. The molecule has 5 nitrogen and oxygen atoms in total. The van der Waals surface area contributed by atoms with E-state index in [-0.39, 0.29) is 0 Å². The number of rotatable bonds is 3. The largest absolute Gasteiger partial charge is 0.361 e. The van der Waals surface area contributed by atoms with Crippen molar-refractivity contribution in [2.75, 3.05) is 18.4 Å². The number of H-pyrrole nitrogens is 1. The Labute approximate surface area is 117 Å². The average Bonchev–Trinajstić information content (AvgIpc) is 3.10. The fourth-order valence-corrected chi connectivity index (χ4v) is 2.52. The van der Waals surface area contributed by atoms with Crippen LogP contribution in [-0.2, 0) is 0 Å². The minimum atomic E-state index is 0.683. The zero-order valence-electron chi connectivity index (χ0n) is 10.5. The van der Waals surface area contributed by atoms with Crippen LogP contribution in [0.5, 0.6) is 0 Å². The highest BCUT2D eigenvalue weighted by molar-refractivity contribution is 7.80. The first-order valence-electron chi connectivity index (χ1n) is 6.37. The molecule has 1 aliphatic rings. The van der Waals surface area contributed by atoms with Crippen LogP contribution in [0.4, 0.5) is 11.5 Å². The first-order valence-corrected chi connectivity index (χ1v) is 6.77. The lowest BCUT2D eigenvalue weighted by Crippen LogP contribution is -2.27. The molecule has 19 heavy (non-hydrogen) atoms. The van der Waals surface area contributed by atoms with Crippen LogP contribution in [0.25, 0.3) is 0 Å². The van der Waals surface area contributed by atoms with E-state index >= 15 is 0 Å². The van der Waals surface area contributed by atoms with Crippen molar-refractivity contribution in [2.45, 2.75) is 12.8 Å². The van der Waals surface area contributed by atoms with Gasteiger partial charge in [0, 0.05) is 18.8 Å². The van der Waals surface area contributed by atoms with Gasteiger partial charge in [-0.2, -0.15) is 10.3 Å². The smallest absolute Gasteiger partial charge is 0.183 e. The van der Waals surface area contributed by atoms with E-state index in [0.29, 0.717) is 5.82 Å². The Morgan fingerprint density at radius 3 is 2.63 bits per heavy atom. The molecule has 1 aromatic carbocycles. The molecule has 3 rings (SSSR count). The zero-order chi connectivity index (χ0) is 13.1. The Morgan fingerprint density at radius 1 is 1.16 bits per heavy atom. The van der Waals surface area contributed by atoms with Crippen LogP contribution in [0.15, 0.2) is 30.3 Å². The molecular weight excluding hydrogens is 258 g/mol. The van der Waals surface area contributed by atoms with E-state index in [2.05, 4.69) is 25.6 Å². The summed E-state index contributed by atoms with van der Waals surface area (Å²) in [5, 5.41) is 14.2. The number of nitrogens with one attached hydrogen (secondary N) is 2. The first-order chi connectivity index (χ1) is 9.34. The maximum absolute atomic E-state index is 5.50. The van der Waals surface area contributed by atoms with Gasteiger partial charge in [0.05, 0.1) is 0 Å². The molecule has 0 aliphatic carbocycles. The number of thiocarbonyl (C=S) groups is 1. The molecule has 0 radical (unpaired) electrons. The molecule has 0 atom stereocenters. The highest BCUT2D eigenvalue weighted by Crippen LogP contribution is 2.20. The fourth-order valence-electron chi connectivity index (χ4n) is 2.20. The van der Waals surface area contributed by atoms with Crippen LogP contribution in [0, 0.1) is 0 Å². The van der Waals surface area contributed by atoms with E-state index in [1.165, 1.54) is 12.8 Å². The van der Waals surface area contributed by atoms with Gasteiger partial charge in [-0.1, -0.05) is 30.4 Å². The minimum Gasteiger partial charge on any atom is -0.361 e. The van der Waals surface area contributed by atoms with Gasteiger partial charge in [0.15, 0.2) is 11.5 Å². The number of hydrogen-bond acceptors (Lipinski definition) is 4. The molecule has 0 saturated carbocycles. The number of aromatic amines is 1. The standard InChI is InChI=1S/C13H15N5S/c19-13(18-8-4-5-9-18)11-12(16-17-15-11)14-10-6-2-1-3-7-10/h1-3,6-7H,4-5,8-9H2,(H2,14,15,16,17). The molecule has 0 bridgehead atoms.